The maximum atomic E-state index is 13.8. The smallest absolute Gasteiger partial charge is 0.247 e. The Balaban J connectivity index is 1.31. The van der Waals surface area contributed by atoms with E-state index in [1.165, 1.54) is 12.0 Å². The first kappa shape index (κ1) is 28.6. The van der Waals surface area contributed by atoms with Gasteiger partial charge >= 0.3 is 0 Å². The average molecular weight is 589 g/mol. The van der Waals surface area contributed by atoms with E-state index in [4.69, 9.17) is 9.47 Å². The molecule has 0 aliphatic carbocycles. The van der Waals surface area contributed by atoms with Crippen molar-refractivity contribution in [3.8, 4) is 28.7 Å². The van der Waals surface area contributed by atoms with E-state index in [2.05, 4.69) is 15.2 Å². The Kier molecular flexibility index (Phi) is 8.05. The quantitative estimate of drug-likeness (QED) is 0.232. The molecule has 5 aromatic rings. The highest BCUT2D eigenvalue weighted by Gasteiger charge is 2.32. The third-order valence-corrected chi connectivity index (χ3v) is 7.38. The van der Waals surface area contributed by atoms with Crippen LogP contribution in [0.4, 0.5) is 11.4 Å². The molecule has 222 valence electrons. The second kappa shape index (κ2) is 12.4. The van der Waals surface area contributed by atoms with E-state index in [1.54, 1.807) is 23.2 Å². The van der Waals surface area contributed by atoms with E-state index in [0.29, 0.717) is 46.9 Å². The van der Waals surface area contributed by atoms with Gasteiger partial charge in [0.05, 0.1) is 36.8 Å². The number of rotatable bonds is 9. The summed E-state index contributed by atoms with van der Waals surface area (Å²) in [7, 11) is 1.54. The molecule has 10 nitrogen and oxygen atoms in total. The minimum Gasteiger partial charge on any atom is -0.489 e. The lowest BCUT2D eigenvalue weighted by Gasteiger charge is -2.30. The molecule has 0 saturated carbocycles. The molecule has 10 heteroatoms. The number of amides is 2. The molecule has 3 aromatic carbocycles. The second-order valence-corrected chi connectivity index (χ2v) is 10.6. The number of hydrogen-bond donors (Lipinski definition) is 0. The van der Waals surface area contributed by atoms with Crippen LogP contribution in [-0.4, -0.2) is 51.3 Å². The Bertz CT molecular complexity index is 1790. The summed E-state index contributed by atoms with van der Waals surface area (Å²) in [6.07, 6.45) is 1.57. The molecule has 0 unspecified atom stereocenters. The van der Waals surface area contributed by atoms with Crippen LogP contribution in [-0.2, 0) is 22.6 Å². The third-order valence-electron chi connectivity index (χ3n) is 7.38. The molecule has 0 radical (unpaired) electrons. The number of benzene rings is 3. The van der Waals surface area contributed by atoms with Gasteiger partial charge in [0.15, 0.2) is 5.82 Å². The van der Waals surface area contributed by atoms with Gasteiger partial charge in [-0.2, -0.15) is 0 Å². The molecule has 1 aliphatic heterocycles. The first-order valence-corrected chi connectivity index (χ1v) is 14.4. The zero-order chi connectivity index (χ0) is 30.6. The van der Waals surface area contributed by atoms with Crippen LogP contribution in [0, 0.1) is 0 Å². The summed E-state index contributed by atoms with van der Waals surface area (Å²) < 4.78 is 13.1. The van der Waals surface area contributed by atoms with E-state index in [0.717, 1.165) is 11.1 Å². The van der Waals surface area contributed by atoms with E-state index in [9.17, 15) is 9.59 Å². The normalized spacial score (nSPS) is 12.4. The summed E-state index contributed by atoms with van der Waals surface area (Å²) in [5, 5.41) is 8.90. The van der Waals surface area contributed by atoms with Gasteiger partial charge in [0.1, 0.15) is 24.7 Å². The molecular formula is C34H32N6O4. The second-order valence-electron chi connectivity index (χ2n) is 10.6. The minimum absolute atomic E-state index is 0.0229. The van der Waals surface area contributed by atoms with Crippen LogP contribution < -0.4 is 19.3 Å². The van der Waals surface area contributed by atoms with Crippen molar-refractivity contribution in [3.05, 3.63) is 109 Å². The summed E-state index contributed by atoms with van der Waals surface area (Å²) in [6, 6.07) is 28.4. The zero-order valence-corrected chi connectivity index (χ0v) is 24.8. The molecule has 0 bridgehead atoms. The number of hydrogen-bond acceptors (Lipinski definition) is 7. The number of aromatic nitrogens is 4. The van der Waals surface area contributed by atoms with Crippen molar-refractivity contribution >= 4 is 23.2 Å². The van der Waals surface area contributed by atoms with Crippen LogP contribution >= 0.6 is 0 Å². The highest BCUT2D eigenvalue weighted by atomic mass is 16.5. The Morgan fingerprint density at radius 3 is 2.43 bits per heavy atom. The molecule has 0 atom stereocenters. The number of anilines is 2. The molecular weight excluding hydrogens is 556 g/mol. The molecule has 6 rings (SSSR count). The SMILES string of the molecule is COc1ccc(N(C(=O)CN2C(=O)Cc3nnc(-c4cccc(OCc5ccccc5)c4)n3-c3ccccc32)C(C)C)cn1. The molecule has 0 fully saturated rings. The van der Waals surface area contributed by atoms with Gasteiger partial charge in [-0.25, -0.2) is 4.98 Å². The fourth-order valence-electron chi connectivity index (χ4n) is 5.33. The molecule has 0 N–H and O–H groups in total. The fraction of sp³-hybridized carbons (Fsp3) is 0.206. The topological polar surface area (TPSA) is 103 Å². The van der Waals surface area contributed by atoms with E-state index in [-0.39, 0.29) is 30.8 Å². The van der Waals surface area contributed by atoms with Crippen molar-refractivity contribution in [2.24, 2.45) is 0 Å². The lowest BCUT2D eigenvalue weighted by molar-refractivity contribution is -0.122. The van der Waals surface area contributed by atoms with E-state index >= 15 is 0 Å². The molecule has 3 heterocycles. The summed E-state index contributed by atoms with van der Waals surface area (Å²) in [5.74, 6) is 1.72. The van der Waals surface area contributed by atoms with Crippen molar-refractivity contribution in [1.82, 2.24) is 19.7 Å². The van der Waals surface area contributed by atoms with Crippen LogP contribution in [0.2, 0.25) is 0 Å². The lowest BCUT2D eigenvalue weighted by Crippen LogP contribution is -2.46. The highest BCUT2D eigenvalue weighted by molar-refractivity contribution is 6.06. The van der Waals surface area contributed by atoms with Gasteiger partial charge in [-0.15, -0.1) is 10.2 Å². The van der Waals surface area contributed by atoms with Gasteiger partial charge < -0.3 is 19.3 Å². The Morgan fingerprint density at radius 2 is 1.70 bits per heavy atom. The van der Waals surface area contributed by atoms with Crippen LogP contribution in [0.15, 0.2) is 97.2 Å². The van der Waals surface area contributed by atoms with Crippen molar-refractivity contribution in [2.75, 3.05) is 23.5 Å². The summed E-state index contributed by atoms with van der Waals surface area (Å²) in [6.45, 7) is 4.12. The summed E-state index contributed by atoms with van der Waals surface area (Å²) in [4.78, 5) is 35.0. The fourth-order valence-corrected chi connectivity index (χ4v) is 5.33. The number of fused-ring (bicyclic) bond motifs is 3. The first-order valence-electron chi connectivity index (χ1n) is 14.4. The minimum atomic E-state index is -0.250. The molecule has 0 saturated heterocycles. The third kappa shape index (κ3) is 5.74. The van der Waals surface area contributed by atoms with Gasteiger partial charge in [0, 0.05) is 17.7 Å². The number of carbonyl (C=O) groups is 2. The number of methoxy groups -OCH3 is 1. The number of carbonyl (C=O) groups excluding carboxylic acids is 2. The zero-order valence-electron chi connectivity index (χ0n) is 24.8. The van der Waals surface area contributed by atoms with Gasteiger partial charge in [-0.1, -0.05) is 54.6 Å². The molecule has 1 aliphatic rings. The Hall–Kier alpha value is -5.51. The van der Waals surface area contributed by atoms with Gasteiger partial charge in [-0.05, 0) is 49.7 Å². The molecule has 2 amide bonds. The predicted molar refractivity (Wildman–Crippen MR) is 167 cm³/mol. The van der Waals surface area contributed by atoms with Crippen LogP contribution in [0.5, 0.6) is 11.6 Å². The van der Waals surface area contributed by atoms with Crippen molar-refractivity contribution in [1.29, 1.82) is 0 Å². The Morgan fingerprint density at radius 1 is 0.932 bits per heavy atom. The maximum absolute atomic E-state index is 13.8. The van der Waals surface area contributed by atoms with Crippen LogP contribution in [0.1, 0.15) is 25.2 Å². The number of nitrogens with zero attached hydrogens (tertiary/aromatic N) is 6. The Labute approximate surface area is 255 Å². The number of para-hydroxylation sites is 2. The van der Waals surface area contributed by atoms with Gasteiger partial charge in [0.2, 0.25) is 17.7 Å². The van der Waals surface area contributed by atoms with Crippen molar-refractivity contribution in [2.45, 2.75) is 32.9 Å². The molecule has 0 spiro atoms. The standard InChI is InChI=1S/C34H32N6O4/c1-23(2)39(26-16-17-31(43-3)35-20-26)33(42)21-38-28-14-7-8-15-29(28)40-30(19-32(38)41)36-37-34(40)25-12-9-13-27(18-25)44-22-24-10-5-4-6-11-24/h4-18,20,23H,19,21-22H2,1-3H3. The van der Waals surface area contributed by atoms with Crippen LogP contribution in [0.3, 0.4) is 0 Å². The first-order chi connectivity index (χ1) is 21.4. The highest BCUT2D eigenvalue weighted by Crippen LogP contribution is 2.34. The van der Waals surface area contributed by atoms with E-state index in [1.807, 2.05) is 97.3 Å². The number of ether oxygens (including phenoxy) is 2. The van der Waals surface area contributed by atoms with Gasteiger partial charge in [0.25, 0.3) is 0 Å². The van der Waals surface area contributed by atoms with Gasteiger partial charge in [-0.3, -0.25) is 14.2 Å². The van der Waals surface area contributed by atoms with E-state index < -0.39 is 0 Å². The lowest BCUT2D eigenvalue weighted by atomic mass is 10.1. The predicted octanol–water partition coefficient (Wildman–Crippen LogP) is 5.25. The van der Waals surface area contributed by atoms with Crippen molar-refractivity contribution in [3.63, 3.8) is 0 Å². The van der Waals surface area contributed by atoms with Crippen LogP contribution in [0.25, 0.3) is 17.1 Å². The molecule has 2 aromatic heterocycles. The largest absolute Gasteiger partial charge is 0.489 e. The average Bonchev–Trinajstić information content (AvgIpc) is 3.42. The molecule has 44 heavy (non-hydrogen) atoms. The summed E-state index contributed by atoms with van der Waals surface area (Å²) >= 11 is 0. The monoisotopic (exact) mass is 588 g/mol. The maximum Gasteiger partial charge on any atom is 0.247 e. The summed E-state index contributed by atoms with van der Waals surface area (Å²) in [5.41, 5.74) is 3.78. The van der Waals surface area contributed by atoms with Crippen molar-refractivity contribution < 1.29 is 19.1 Å². The number of pyridine rings is 1.